The first-order valence-electron chi connectivity index (χ1n) is 6.61. The van der Waals surface area contributed by atoms with Crippen molar-refractivity contribution in [3.05, 3.63) is 23.7 Å². The Bertz CT molecular complexity index is 480. The summed E-state index contributed by atoms with van der Waals surface area (Å²) in [4.78, 5) is 24.7. The van der Waals surface area contributed by atoms with Gasteiger partial charge in [0, 0.05) is 13.1 Å². The lowest BCUT2D eigenvalue weighted by Gasteiger charge is -2.35. The third-order valence-corrected chi connectivity index (χ3v) is 3.91. The number of carbonyl (C=O) groups excluding carboxylic acids is 1. The third-order valence-electron chi connectivity index (χ3n) is 3.91. The predicted octanol–water partition coefficient (Wildman–Crippen LogP) is 2.63. The Balaban J connectivity index is 2.11. The van der Waals surface area contributed by atoms with E-state index in [0.717, 1.165) is 19.3 Å². The molecule has 1 aromatic rings. The zero-order chi connectivity index (χ0) is 14.0. The molecule has 1 aliphatic carbocycles. The van der Waals surface area contributed by atoms with E-state index in [9.17, 15) is 9.59 Å². The largest absolute Gasteiger partial charge is 0.475 e. The molecule has 0 spiro atoms. The molecule has 1 fully saturated rings. The molecule has 104 valence electrons. The minimum atomic E-state index is -1.16. The second-order valence-corrected chi connectivity index (χ2v) is 5.21. The SMILES string of the molecule is CC1CCCCC1N(C)C(=O)c1ccc(C(=O)O)o1. The monoisotopic (exact) mass is 265 g/mol. The molecule has 1 saturated carbocycles. The van der Waals surface area contributed by atoms with Crippen molar-refractivity contribution < 1.29 is 19.1 Å². The topological polar surface area (TPSA) is 70.8 Å². The van der Waals surface area contributed by atoms with Gasteiger partial charge in [-0.2, -0.15) is 0 Å². The number of carboxylic acids is 1. The molecule has 2 unspecified atom stereocenters. The van der Waals surface area contributed by atoms with Crippen LogP contribution in [0.1, 0.15) is 53.7 Å². The van der Waals surface area contributed by atoms with Crippen molar-refractivity contribution in [1.82, 2.24) is 4.90 Å². The van der Waals surface area contributed by atoms with E-state index in [1.165, 1.54) is 18.6 Å². The van der Waals surface area contributed by atoms with Gasteiger partial charge in [0.25, 0.3) is 5.91 Å². The van der Waals surface area contributed by atoms with Crippen LogP contribution >= 0.6 is 0 Å². The molecular formula is C14H19NO4. The summed E-state index contributed by atoms with van der Waals surface area (Å²) >= 11 is 0. The highest BCUT2D eigenvalue weighted by Gasteiger charge is 2.29. The van der Waals surface area contributed by atoms with Crippen molar-refractivity contribution in [1.29, 1.82) is 0 Å². The molecule has 1 aliphatic rings. The Hall–Kier alpha value is -1.78. The summed E-state index contributed by atoms with van der Waals surface area (Å²) in [5.74, 6) is -1.04. The standard InChI is InChI=1S/C14H19NO4/c1-9-5-3-4-6-10(9)15(2)13(16)11-7-8-12(19-11)14(17)18/h7-10H,3-6H2,1-2H3,(H,17,18). The number of carbonyl (C=O) groups is 2. The Morgan fingerprint density at radius 3 is 2.47 bits per heavy atom. The van der Waals surface area contributed by atoms with Crippen LogP contribution in [0.3, 0.4) is 0 Å². The number of rotatable bonds is 3. The molecule has 2 rings (SSSR count). The normalized spacial score (nSPS) is 23.1. The number of carboxylic acid groups (broad SMARTS) is 1. The zero-order valence-electron chi connectivity index (χ0n) is 11.3. The molecule has 0 saturated heterocycles. The average Bonchev–Trinajstić information content (AvgIpc) is 2.87. The average molecular weight is 265 g/mol. The van der Waals surface area contributed by atoms with E-state index >= 15 is 0 Å². The maximum atomic E-state index is 12.3. The van der Waals surface area contributed by atoms with E-state index in [1.54, 1.807) is 11.9 Å². The molecule has 1 amide bonds. The van der Waals surface area contributed by atoms with Crippen LogP contribution in [0.5, 0.6) is 0 Å². The molecule has 0 aliphatic heterocycles. The quantitative estimate of drug-likeness (QED) is 0.912. The van der Waals surface area contributed by atoms with Crippen molar-refractivity contribution >= 4 is 11.9 Å². The number of hydrogen-bond acceptors (Lipinski definition) is 3. The molecule has 2 atom stereocenters. The van der Waals surface area contributed by atoms with Crippen LogP contribution in [0, 0.1) is 5.92 Å². The summed E-state index contributed by atoms with van der Waals surface area (Å²) in [6.07, 6.45) is 4.46. The fourth-order valence-electron chi connectivity index (χ4n) is 2.76. The van der Waals surface area contributed by atoms with Crippen molar-refractivity contribution in [3.8, 4) is 0 Å². The summed E-state index contributed by atoms with van der Waals surface area (Å²) in [5, 5.41) is 8.79. The van der Waals surface area contributed by atoms with E-state index in [0.29, 0.717) is 5.92 Å². The fraction of sp³-hybridized carbons (Fsp3) is 0.571. The molecule has 1 heterocycles. The number of nitrogens with zero attached hydrogens (tertiary/aromatic N) is 1. The number of aromatic carboxylic acids is 1. The Labute approximate surface area is 112 Å². The van der Waals surface area contributed by atoms with Gasteiger partial charge in [0.2, 0.25) is 5.76 Å². The van der Waals surface area contributed by atoms with E-state index in [-0.39, 0.29) is 23.5 Å². The first-order chi connectivity index (χ1) is 9.00. The van der Waals surface area contributed by atoms with Crippen LogP contribution < -0.4 is 0 Å². The minimum absolute atomic E-state index is 0.0951. The van der Waals surface area contributed by atoms with Crippen LogP contribution in [-0.4, -0.2) is 35.0 Å². The highest BCUT2D eigenvalue weighted by molar-refractivity contribution is 5.93. The molecule has 1 aromatic heterocycles. The van der Waals surface area contributed by atoms with Gasteiger partial charge >= 0.3 is 5.97 Å². The number of hydrogen-bond donors (Lipinski definition) is 1. The molecule has 5 heteroatoms. The van der Waals surface area contributed by atoms with Gasteiger partial charge in [-0.3, -0.25) is 4.79 Å². The van der Waals surface area contributed by atoms with Gasteiger partial charge < -0.3 is 14.4 Å². The molecule has 0 radical (unpaired) electrons. The Kier molecular flexibility index (Phi) is 3.93. The second-order valence-electron chi connectivity index (χ2n) is 5.21. The smallest absolute Gasteiger partial charge is 0.371 e. The molecule has 19 heavy (non-hydrogen) atoms. The molecule has 0 aromatic carbocycles. The summed E-state index contributed by atoms with van der Waals surface area (Å²) in [7, 11) is 1.76. The van der Waals surface area contributed by atoms with Gasteiger partial charge in [0.1, 0.15) is 0 Å². The lowest BCUT2D eigenvalue weighted by molar-refractivity contribution is 0.0584. The third kappa shape index (κ3) is 2.80. The molecule has 0 bridgehead atoms. The Morgan fingerprint density at radius 1 is 1.26 bits per heavy atom. The van der Waals surface area contributed by atoms with Crippen LogP contribution in [-0.2, 0) is 0 Å². The van der Waals surface area contributed by atoms with Crippen molar-refractivity contribution in [3.63, 3.8) is 0 Å². The first kappa shape index (κ1) is 13.6. The van der Waals surface area contributed by atoms with Crippen LogP contribution in [0.25, 0.3) is 0 Å². The highest BCUT2D eigenvalue weighted by Crippen LogP contribution is 2.28. The first-order valence-corrected chi connectivity index (χ1v) is 6.61. The van der Waals surface area contributed by atoms with Gasteiger partial charge in [-0.05, 0) is 30.9 Å². The van der Waals surface area contributed by atoms with Gasteiger partial charge in [-0.15, -0.1) is 0 Å². The van der Waals surface area contributed by atoms with Crippen LogP contribution in [0.2, 0.25) is 0 Å². The summed E-state index contributed by atoms with van der Waals surface area (Å²) in [6.45, 7) is 2.15. The van der Waals surface area contributed by atoms with E-state index in [2.05, 4.69) is 6.92 Å². The highest BCUT2D eigenvalue weighted by atomic mass is 16.4. The summed E-state index contributed by atoms with van der Waals surface area (Å²) in [6, 6.07) is 2.95. The van der Waals surface area contributed by atoms with E-state index in [4.69, 9.17) is 9.52 Å². The number of furan rings is 1. The predicted molar refractivity (Wildman–Crippen MR) is 69.2 cm³/mol. The van der Waals surface area contributed by atoms with Crippen LogP contribution in [0.15, 0.2) is 16.5 Å². The maximum Gasteiger partial charge on any atom is 0.371 e. The van der Waals surface area contributed by atoms with Crippen molar-refractivity contribution in [2.24, 2.45) is 5.92 Å². The molecular weight excluding hydrogens is 246 g/mol. The Morgan fingerprint density at radius 2 is 1.89 bits per heavy atom. The van der Waals surface area contributed by atoms with Gasteiger partial charge in [0.15, 0.2) is 5.76 Å². The van der Waals surface area contributed by atoms with E-state index in [1.807, 2.05) is 0 Å². The lowest BCUT2D eigenvalue weighted by Crippen LogP contribution is -2.42. The fourth-order valence-corrected chi connectivity index (χ4v) is 2.76. The minimum Gasteiger partial charge on any atom is -0.475 e. The second kappa shape index (κ2) is 5.47. The maximum absolute atomic E-state index is 12.3. The van der Waals surface area contributed by atoms with Gasteiger partial charge in [-0.25, -0.2) is 4.79 Å². The van der Waals surface area contributed by atoms with Gasteiger partial charge in [0.05, 0.1) is 0 Å². The van der Waals surface area contributed by atoms with Crippen molar-refractivity contribution in [2.75, 3.05) is 7.05 Å². The summed E-state index contributed by atoms with van der Waals surface area (Å²) < 4.78 is 5.06. The summed E-state index contributed by atoms with van der Waals surface area (Å²) in [5.41, 5.74) is 0. The van der Waals surface area contributed by atoms with Crippen LogP contribution in [0.4, 0.5) is 0 Å². The zero-order valence-corrected chi connectivity index (χ0v) is 11.3. The molecule has 5 nitrogen and oxygen atoms in total. The van der Waals surface area contributed by atoms with Gasteiger partial charge in [-0.1, -0.05) is 19.8 Å². The lowest BCUT2D eigenvalue weighted by atomic mass is 9.85. The van der Waals surface area contributed by atoms with E-state index < -0.39 is 5.97 Å². The molecule has 1 N–H and O–H groups in total. The number of amides is 1. The van der Waals surface area contributed by atoms with Crippen molar-refractivity contribution in [2.45, 2.75) is 38.6 Å².